The molecule has 1 amide bonds. The summed E-state index contributed by atoms with van der Waals surface area (Å²) in [6.45, 7) is 2.02. The first-order valence-electron chi connectivity index (χ1n) is 9.12. The van der Waals surface area contributed by atoms with Gasteiger partial charge in [-0.3, -0.25) is 4.79 Å². The van der Waals surface area contributed by atoms with Gasteiger partial charge in [-0.25, -0.2) is 14.8 Å². The quantitative estimate of drug-likeness (QED) is 0.231. The Morgan fingerprint density at radius 3 is 2.77 bits per heavy atom. The monoisotopic (exact) mass is 455 g/mol. The molecule has 6 nitrogen and oxygen atoms in total. The third-order valence-corrected chi connectivity index (χ3v) is 6.89. The van der Waals surface area contributed by atoms with Crippen molar-refractivity contribution in [2.24, 2.45) is 0 Å². The lowest BCUT2D eigenvalue weighted by Gasteiger charge is -2.09. The van der Waals surface area contributed by atoms with Gasteiger partial charge >= 0.3 is 5.97 Å². The zero-order chi connectivity index (χ0) is 20.9. The Morgan fingerprint density at radius 1 is 1.13 bits per heavy atom. The number of thiophene rings is 2. The second-order valence-electron chi connectivity index (χ2n) is 6.10. The standard InChI is InChI=1S/C21H17N3O3S3/c1-2-27-21(26)17-15(13-6-4-3-5-7-13)10-29-20(17)24-16(25)11-30-19-14-8-9-28-18(14)22-12-23-19/h3-10,12H,2,11H2,1H3,(H,24,25). The van der Waals surface area contributed by atoms with Crippen molar-refractivity contribution in [2.75, 3.05) is 17.7 Å². The van der Waals surface area contributed by atoms with Gasteiger partial charge in [-0.2, -0.15) is 0 Å². The van der Waals surface area contributed by atoms with E-state index in [1.807, 2.05) is 47.2 Å². The predicted molar refractivity (Wildman–Crippen MR) is 122 cm³/mol. The summed E-state index contributed by atoms with van der Waals surface area (Å²) in [6.07, 6.45) is 1.50. The van der Waals surface area contributed by atoms with Crippen molar-refractivity contribution in [3.05, 3.63) is 59.0 Å². The number of rotatable bonds is 7. The molecule has 0 unspecified atom stereocenters. The van der Waals surface area contributed by atoms with Gasteiger partial charge < -0.3 is 10.1 Å². The molecule has 3 heterocycles. The maximum absolute atomic E-state index is 12.6. The molecule has 0 atom stereocenters. The number of fused-ring (bicyclic) bond motifs is 1. The Balaban J connectivity index is 1.53. The van der Waals surface area contributed by atoms with Crippen LogP contribution in [0.5, 0.6) is 0 Å². The van der Waals surface area contributed by atoms with E-state index in [0.717, 1.165) is 26.4 Å². The fourth-order valence-electron chi connectivity index (χ4n) is 2.86. The van der Waals surface area contributed by atoms with Gasteiger partial charge in [-0.1, -0.05) is 42.1 Å². The number of nitrogens with zero attached hydrogens (tertiary/aromatic N) is 2. The van der Waals surface area contributed by atoms with Crippen LogP contribution in [0.2, 0.25) is 0 Å². The van der Waals surface area contributed by atoms with E-state index in [4.69, 9.17) is 4.74 Å². The van der Waals surface area contributed by atoms with Gasteiger partial charge in [0.25, 0.3) is 0 Å². The number of thioether (sulfide) groups is 1. The Hall–Kier alpha value is -2.75. The summed E-state index contributed by atoms with van der Waals surface area (Å²) in [6, 6.07) is 11.5. The summed E-state index contributed by atoms with van der Waals surface area (Å²) in [4.78, 5) is 34.6. The van der Waals surface area contributed by atoms with E-state index in [0.29, 0.717) is 10.6 Å². The Morgan fingerprint density at radius 2 is 1.97 bits per heavy atom. The van der Waals surface area contributed by atoms with E-state index in [-0.39, 0.29) is 18.3 Å². The minimum absolute atomic E-state index is 0.169. The number of carbonyl (C=O) groups excluding carboxylic acids is 2. The third kappa shape index (κ3) is 4.38. The number of esters is 1. The smallest absolute Gasteiger partial charge is 0.341 e. The van der Waals surface area contributed by atoms with Crippen LogP contribution in [-0.4, -0.2) is 34.2 Å². The Labute approximate surface area is 185 Å². The minimum Gasteiger partial charge on any atom is -0.462 e. The van der Waals surface area contributed by atoms with Crippen LogP contribution in [0, 0.1) is 0 Å². The molecule has 1 N–H and O–H groups in total. The van der Waals surface area contributed by atoms with Crippen LogP contribution >= 0.6 is 34.4 Å². The summed E-state index contributed by atoms with van der Waals surface area (Å²) in [5.74, 6) is -0.492. The van der Waals surface area contributed by atoms with Gasteiger partial charge in [0.05, 0.1) is 12.4 Å². The first-order chi connectivity index (χ1) is 14.7. The molecule has 1 aromatic carbocycles. The van der Waals surface area contributed by atoms with E-state index in [2.05, 4.69) is 15.3 Å². The summed E-state index contributed by atoms with van der Waals surface area (Å²) in [5.41, 5.74) is 2.03. The predicted octanol–water partition coefficient (Wildman–Crippen LogP) is 5.33. The molecular weight excluding hydrogens is 438 g/mol. The molecule has 4 aromatic rings. The third-order valence-electron chi connectivity index (χ3n) is 4.17. The normalized spacial score (nSPS) is 10.8. The summed E-state index contributed by atoms with van der Waals surface area (Å²) < 4.78 is 5.23. The fraction of sp³-hybridized carbons (Fsp3) is 0.143. The number of benzene rings is 1. The second-order valence-corrected chi connectivity index (χ2v) is 8.83. The van der Waals surface area contributed by atoms with Crippen molar-refractivity contribution in [1.29, 1.82) is 0 Å². The molecule has 0 aliphatic carbocycles. The van der Waals surface area contributed by atoms with Gasteiger partial charge in [0, 0.05) is 16.3 Å². The molecule has 0 saturated heterocycles. The molecule has 0 spiro atoms. The number of aromatic nitrogens is 2. The molecule has 30 heavy (non-hydrogen) atoms. The molecule has 0 saturated carbocycles. The molecule has 0 aliphatic rings. The Bertz CT molecular complexity index is 1190. The highest BCUT2D eigenvalue weighted by molar-refractivity contribution is 8.00. The number of amides is 1. The average molecular weight is 456 g/mol. The Kier molecular flexibility index (Phi) is 6.41. The lowest BCUT2D eigenvalue weighted by Crippen LogP contribution is -2.16. The van der Waals surface area contributed by atoms with Crippen LogP contribution < -0.4 is 5.32 Å². The van der Waals surface area contributed by atoms with Crippen LogP contribution in [-0.2, 0) is 9.53 Å². The number of nitrogens with one attached hydrogen (secondary N) is 1. The largest absolute Gasteiger partial charge is 0.462 e. The molecule has 4 rings (SSSR count). The molecule has 9 heteroatoms. The van der Waals surface area contributed by atoms with Crippen LogP contribution in [0.25, 0.3) is 21.3 Å². The first-order valence-corrected chi connectivity index (χ1v) is 11.9. The molecular formula is C21H17N3O3S3. The minimum atomic E-state index is -0.448. The maximum Gasteiger partial charge on any atom is 0.341 e. The molecule has 0 radical (unpaired) electrons. The number of hydrogen-bond donors (Lipinski definition) is 1. The van der Waals surface area contributed by atoms with Crippen molar-refractivity contribution in [3.63, 3.8) is 0 Å². The summed E-state index contributed by atoms with van der Waals surface area (Å²) in [7, 11) is 0. The highest BCUT2D eigenvalue weighted by Gasteiger charge is 2.23. The second kappa shape index (κ2) is 9.38. The van der Waals surface area contributed by atoms with E-state index in [1.165, 1.54) is 40.8 Å². The highest BCUT2D eigenvalue weighted by Crippen LogP contribution is 2.36. The van der Waals surface area contributed by atoms with Crippen molar-refractivity contribution in [2.45, 2.75) is 11.9 Å². The first kappa shape index (κ1) is 20.5. The zero-order valence-electron chi connectivity index (χ0n) is 16.0. The van der Waals surface area contributed by atoms with Crippen LogP contribution in [0.4, 0.5) is 5.00 Å². The number of carbonyl (C=O) groups is 2. The van der Waals surface area contributed by atoms with Crippen LogP contribution in [0.3, 0.4) is 0 Å². The SMILES string of the molecule is CCOC(=O)c1c(-c2ccccc2)csc1NC(=O)CSc1ncnc2sccc12. The van der Waals surface area contributed by atoms with Crippen molar-refractivity contribution < 1.29 is 14.3 Å². The van der Waals surface area contributed by atoms with Crippen molar-refractivity contribution in [3.8, 4) is 11.1 Å². The van der Waals surface area contributed by atoms with Gasteiger partial charge in [0.1, 0.15) is 26.7 Å². The molecule has 152 valence electrons. The highest BCUT2D eigenvalue weighted by atomic mass is 32.2. The van der Waals surface area contributed by atoms with E-state index >= 15 is 0 Å². The van der Waals surface area contributed by atoms with Crippen molar-refractivity contribution >= 4 is 61.5 Å². The maximum atomic E-state index is 12.6. The van der Waals surface area contributed by atoms with Gasteiger partial charge in [0.2, 0.25) is 5.91 Å². The molecule has 0 fully saturated rings. The summed E-state index contributed by atoms with van der Waals surface area (Å²) >= 11 is 4.19. The van der Waals surface area contributed by atoms with Gasteiger partial charge in [-0.05, 0) is 23.9 Å². The van der Waals surface area contributed by atoms with E-state index in [1.54, 1.807) is 6.92 Å². The topological polar surface area (TPSA) is 81.2 Å². The molecule has 0 aliphatic heterocycles. The lowest BCUT2D eigenvalue weighted by molar-refractivity contribution is -0.113. The number of anilines is 1. The van der Waals surface area contributed by atoms with Crippen LogP contribution in [0.1, 0.15) is 17.3 Å². The van der Waals surface area contributed by atoms with Gasteiger partial charge in [-0.15, -0.1) is 22.7 Å². The average Bonchev–Trinajstić information content (AvgIpc) is 3.40. The summed E-state index contributed by atoms with van der Waals surface area (Å²) in [5, 5.41) is 8.87. The van der Waals surface area contributed by atoms with E-state index in [9.17, 15) is 9.59 Å². The molecule has 0 bridgehead atoms. The van der Waals surface area contributed by atoms with Crippen molar-refractivity contribution in [1.82, 2.24) is 9.97 Å². The van der Waals surface area contributed by atoms with Gasteiger partial charge in [0.15, 0.2) is 0 Å². The fourth-order valence-corrected chi connectivity index (χ4v) is 5.42. The van der Waals surface area contributed by atoms with E-state index < -0.39 is 5.97 Å². The number of hydrogen-bond acceptors (Lipinski definition) is 8. The molecule has 3 aromatic heterocycles. The van der Waals surface area contributed by atoms with Crippen LogP contribution in [0.15, 0.2) is 58.5 Å². The lowest BCUT2D eigenvalue weighted by atomic mass is 10.0. The zero-order valence-corrected chi connectivity index (χ0v) is 18.4. The number of ether oxygens (including phenoxy) is 1.